The van der Waals surface area contributed by atoms with Crippen molar-refractivity contribution in [1.82, 2.24) is 5.32 Å². The van der Waals surface area contributed by atoms with Crippen LogP contribution in [0.5, 0.6) is 0 Å². The van der Waals surface area contributed by atoms with Gasteiger partial charge in [0.2, 0.25) is 0 Å². The first-order valence-corrected chi connectivity index (χ1v) is 7.70. The summed E-state index contributed by atoms with van der Waals surface area (Å²) in [6.07, 6.45) is 8.55. The smallest absolute Gasteiger partial charge is 0.0186 e. The second-order valence-corrected chi connectivity index (χ2v) is 6.84. The van der Waals surface area contributed by atoms with Gasteiger partial charge in [0, 0.05) is 17.3 Å². The fourth-order valence-corrected chi connectivity index (χ4v) is 4.13. The van der Waals surface area contributed by atoms with Gasteiger partial charge in [0.25, 0.3) is 0 Å². The molecule has 0 radical (unpaired) electrons. The van der Waals surface area contributed by atoms with E-state index >= 15 is 0 Å². The quantitative estimate of drug-likeness (QED) is 0.775. The van der Waals surface area contributed by atoms with Gasteiger partial charge in [-0.15, -0.1) is 0 Å². The summed E-state index contributed by atoms with van der Waals surface area (Å²) in [6.45, 7) is 4.83. The lowest BCUT2D eigenvalue weighted by molar-refractivity contribution is 0.250. The Bertz CT molecular complexity index is 175. The Labute approximate surface area is 98.8 Å². The van der Waals surface area contributed by atoms with E-state index in [9.17, 15) is 0 Å². The maximum Gasteiger partial charge on any atom is 0.0186 e. The van der Waals surface area contributed by atoms with Crippen molar-refractivity contribution in [2.75, 3.05) is 5.75 Å². The van der Waals surface area contributed by atoms with Gasteiger partial charge in [-0.25, -0.2) is 0 Å². The van der Waals surface area contributed by atoms with Crippen LogP contribution in [0.4, 0.5) is 0 Å². The molecule has 1 saturated heterocycles. The van der Waals surface area contributed by atoms with Crippen LogP contribution in [0.2, 0.25) is 0 Å². The molecule has 0 aromatic carbocycles. The van der Waals surface area contributed by atoms with Gasteiger partial charge < -0.3 is 5.32 Å². The third-order valence-electron chi connectivity index (χ3n) is 4.15. The Balaban J connectivity index is 1.83. The second kappa shape index (κ2) is 5.58. The van der Waals surface area contributed by atoms with Crippen molar-refractivity contribution in [2.45, 2.75) is 69.7 Å². The average molecular weight is 227 g/mol. The Morgan fingerprint density at radius 1 is 0.933 bits per heavy atom. The molecule has 0 aromatic rings. The zero-order valence-electron chi connectivity index (χ0n) is 10.2. The Morgan fingerprint density at radius 3 is 2.40 bits per heavy atom. The molecule has 1 aliphatic heterocycles. The molecule has 0 bridgehead atoms. The lowest BCUT2D eigenvalue weighted by Gasteiger charge is -2.37. The van der Waals surface area contributed by atoms with Crippen LogP contribution in [-0.4, -0.2) is 23.1 Å². The first kappa shape index (κ1) is 11.8. The van der Waals surface area contributed by atoms with Crippen LogP contribution < -0.4 is 5.32 Å². The van der Waals surface area contributed by atoms with E-state index in [0.29, 0.717) is 0 Å². The maximum absolute atomic E-state index is 3.94. The van der Waals surface area contributed by atoms with Gasteiger partial charge >= 0.3 is 0 Å². The molecular weight excluding hydrogens is 202 g/mol. The largest absolute Gasteiger partial charge is 0.310 e. The summed E-state index contributed by atoms with van der Waals surface area (Å²) < 4.78 is 0. The first-order valence-electron chi connectivity index (χ1n) is 6.65. The molecule has 2 aliphatic rings. The summed E-state index contributed by atoms with van der Waals surface area (Å²) in [5, 5.41) is 4.76. The SMILES string of the molecule is CC1CCCCC1NC1CCCSC1C. The molecule has 1 nitrogen and oxygen atoms in total. The normalized spacial score (nSPS) is 42.8. The van der Waals surface area contributed by atoms with Crippen LogP contribution in [0.15, 0.2) is 0 Å². The molecule has 15 heavy (non-hydrogen) atoms. The Kier molecular flexibility index (Phi) is 4.39. The van der Waals surface area contributed by atoms with Gasteiger partial charge in [-0.3, -0.25) is 0 Å². The lowest BCUT2D eigenvalue weighted by atomic mass is 9.85. The third-order valence-corrected chi connectivity index (χ3v) is 5.53. The molecule has 1 heterocycles. The van der Waals surface area contributed by atoms with Gasteiger partial charge in [0.15, 0.2) is 0 Å². The zero-order chi connectivity index (χ0) is 10.7. The van der Waals surface area contributed by atoms with E-state index < -0.39 is 0 Å². The predicted molar refractivity (Wildman–Crippen MR) is 69.5 cm³/mol. The number of hydrogen-bond donors (Lipinski definition) is 1. The standard InChI is InChI=1S/C13H25NS/c1-10-6-3-4-7-12(10)14-13-8-5-9-15-11(13)2/h10-14H,3-9H2,1-2H3. The predicted octanol–water partition coefficient (Wildman–Crippen LogP) is 3.44. The molecular formula is C13H25NS. The van der Waals surface area contributed by atoms with Crippen LogP contribution in [0.3, 0.4) is 0 Å². The third kappa shape index (κ3) is 3.13. The number of rotatable bonds is 2. The van der Waals surface area contributed by atoms with E-state index in [-0.39, 0.29) is 0 Å². The summed E-state index contributed by atoms with van der Waals surface area (Å²) in [5.74, 6) is 2.28. The molecule has 88 valence electrons. The molecule has 1 N–H and O–H groups in total. The monoisotopic (exact) mass is 227 g/mol. The Hall–Kier alpha value is 0.310. The van der Waals surface area contributed by atoms with Crippen molar-refractivity contribution in [1.29, 1.82) is 0 Å². The van der Waals surface area contributed by atoms with Crippen LogP contribution in [0.1, 0.15) is 52.4 Å². The average Bonchev–Trinajstić information content (AvgIpc) is 2.24. The molecule has 0 aromatic heterocycles. The molecule has 0 amide bonds. The second-order valence-electron chi connectivity index (χ2n) is 5.36. The highest BCUT2D eigenvalue weighted by Crippen LogP contribution is 2.29. The maximum atomic E-state index is 3.94. The highest BCUT2D eigenvalue weighted by atomic mass is 32.2. The topological polar surface area (TPSA) is 12.0 Å². The highest BCUT2D eigenvalue weighted by Gasteiger charge is 2.27. The minimum Gasteiger partial charge on any atom is -0.310 e. The van der Waals surface area contributed by atoms with E-state index in [1.54, 1.807) is 0 Å². The number of hydrogen-bond acceptors (Lipinski definition) is 2. The number of nitrogens with one attached hydrogen (secondary N) is 1. The van der Waals surface area contributed by atoms with Crippen LogP contribution in [0.25, 0.3) is 0 Å². The minimum atomic E-state index is 0.786. The van der Waals surface area contributed by atoms with Crippen molar-refractivity contribution in [3.63, 3.8) is 0 Å². The minimum absolute atomic E-state index is 0.786. The molecule has 1 aliphatic carbocycles. The van der Waals surface area contributed by atoms with Gasteiger partial charge in [-0.1, -0.05) is 26.7 Å². The van der Waals surface area contributed by atoms with Crippen molar-refractivity contribution in [3.8, 4) is 0 Å². The Morgan fingerprint density at radius 2 is 1.67 bits per heavy atom. The van der Waals surface area contributed by atoms with Gasteiger partial charge in [0.1, 0.15) is 0 Å². The molecule has 2 fully saturated rings. The summed E-state index contributed by atoms with van der Waals surface area (Å²) in [6, 6.07) is 1.60. The molecule has 2 rings (SSSR count). The molecule has 0 spiro atoms. The lowest BCUT2D eigenvalue weighted by Crippen LogP contribution is -2.48. The molecule has 2 heteroatoms. The van der Waals surface area contributed by atoms with Crippen molar-refractivity contribution in [3.05, 3.63) is 0 Å². The van der Waals surface area contributed by atoms with Crippen molar-refractivity contribution < 1.29 is 0 Å². The van der Waals surface area contributed by atoms with E-state index in [1.165, 1.54) is 44.3 Å². The zero-order valence-corrected chi connectivity index (χ0v) is 11.0. The van der Waals surface area contributed by atoms with E-state index in [1.807, 2.05) is 0 Å². The fourth-order valence-electron chi connectivity index (χ4n) is 2.98. The molecule has 1 saturated carbocycles. The highest BCUT2D eigenvalue weighted by molar-refractivity contribution is 7.99. The van der Waals surface area contributed by atoms with Crippen LogP contribution >= 0.6 is 11.8 Å². The van der Waals surface area contributed by atoms with Gasteiger partial charge in [-0.2, -0.15) is 11.8 Å². The van der Waals surface area contributed by atoms with E-state index in [4.69, 9.17) is 0 Å². The van der Waals surface area contributed by atoms with Crippen LogP contribution in [0, 0.1) is 5.92 Å². The van der Waals surface area contributed by atoms with Gasteiger partial charge in [-0.05, 0) is 37.4 Å². The molecule has 4 atom stereocenters. The van der Waals surface area contributed by atoms with Crippen molar-refractivity contribution >= 4 is 11.8 Å². The summed E-state index contributed by atoms with van der Waals surface area (Å²) in [7, 11) is 0. The van der Waals surface area contributed by atoms with Gasteiger partial charge in [0.05, 0.1) is 0 Å². The van der Waals surface area contributed by atoms with Crippen molar-refractivity contribution in [2.24, 2.45) is 5.92 Å². The molecule has 4 unspecified atom stereocenters. The first-order chi connectivity index (χ1) is 7.27. The van der Waals surface area contributed by atoms with E-state index in [0.717, 1.165) is 23.3 Å². The fraction of sp³-hybridized carbons (Fsp3) is 1.00. The summed E-state index contributed by atoms with van der Waals surface area (Å²) in [4.78, 5) is 0. The number of thioether (sulfide) groups is 1. The van der Waals surface area contributed by atoms with E-state index in [2.05, 4.69) is 30.9 Å². The summed E-state index contributed by atoms with van der Waals surface area (Å²) >= 11 is 2.15. The summed E-state index contributed by atoms with van der Waals surface area (Å²) in [5.41, 5.74) is 0. The van der Waals surface area contributed by atoms with Crippen LogP contribution in [-0.2, 0) is 0 Å².